The van der Waals surface area contributed by atoms with Crippen molar-refractivity contribution in [3.8, 4) is 6.07 Å². The van der Waals surface area contributed by atoms with Gasteiger partial charge in [0.25, 0.3) is 5.22 Å². The average Bonchev–Trinajstić information content (AvgIpc) is 2.87. The maximum Gasteiger partial charge on any atom is 0.256 e. The van der Waals surface area contributed by atoms with Crippen LogP contribution in [0.3, 0.4) is 0 Å². The minimum atomic E-state index is 0.545. The molecule has 100 valence electrons. The lowest BCUT2D eigenvalue weighted by molar-refractivity contribution is 0.491. The summed E-state index contributed by atoms with van der Waals surface area (Å²) >= 11 is 7.73. The van der Waals surface area contributed by atoms with Crippen LogP contribution in [0.2, 0.25) is 5.02 Å². The predicted octanol–water partition coefficient (Wildman–Crippen LogP) is 4.43. The number of benzene rings is 1. The third kappa shape index (κ3) is 2.45. The zero-order valence-electron chi connectivity index (χ0n) is 10.5. The fourth-order valence-corrected chi connectivity index (χ4v) is 2.95. The first-order valence-corrected chi connectivity index (χ1v) is 7.49. The van der Waals surface area contributed by atoms with Crippen molar-refractivity contribution in [2.75, 3.05) is 5.75 Å². The van der Waals surface area contributed by atoms with Crippen LogP contribution in [-0.2, 0) is 0 Å². The number of aromatic nitrogens is 2. The largest absolute Gasteiger partial charge is 0.429 e. The molecular weight excluding hydrogens is 294 g/mol. The molecule has 0 bridgehead atoms. The molecule has 0 atom stereocenters. The smallest absolute Gasteiger partial charge is 0.256 e. The first-order valence-electron chi connectivity index (χ1n) is 6.13. The van der Waals surface area contributed by atoms with Crippen molar-refractivity contribution in [2.24, 2.45) is 0 Å². The highest BCUT2D eigenvalue weighted by Crippen LogP contribution is 2.33. The molecule has 0 unspecified atom stereocenters. The molecule has 0 saturated carbocycles. The van der Waals surface area contributed by atoms with E-state index < -0.39 is 0 Å². The fraction of sp³-hybridized carbons (Fsp3) is 0.214. The van der Waals surface area contributed by atoms with E-state index in [2.05, 4.69) is 16.0 Å². The van der Waals surface area contributed by atoms with Gasteiger partial charge in [-0.1, -0.05) is 23.4 Å². The predicted molar refractivity (Wildman–Crippen MR) is 79.9 cm³/mol. The van der Waals surface area contributed by atoms with Crippen molar-refractivity contribution in [2.45, 2.75) is 18.1 Å². The van der Waals surface area contributed by atoms with Crippen LogP contribution in [0.1, 0.15) is 12.8 Å². The van der Waals surface area contributed by atoms with Crippen molar-refractivity contribution in [3.63, 3.8) is 0 Å². The number of unbranched alkanes of at least 4 members (excludes halogenated alkanes) is 1. The summed E-state index contributed by atoms with van der Waals surface area (Å²) in [5.41, 5.74) is 2.10. The Labute approximate surface area is 124 Å². The van der Waals surface area contributed by atoms with E-state index in [0.29, 0.717) is 27.8 Å². The van der Waals surface area contributed by atoms with Crippen molar-refractivity contribution >= 4 is 45.4 Å². The summed E-state index contributed by atoms with van der Waals surface area (Å²) < 4.78 is 5.76. The van der Waals surface area contributed by atoms with Crippen LogP contribution in [0.4, 0.5) is 0 Å². The van der Waals surface area contributed by atoms with Crippen LogP contribution in [-0.4, -0.2) is 15.7 Å². The first-order chi connectivity index (χ1) is 9.79. The van der Waals surface area contributed by atoms with Gasteiger partial charge in [-0.25, -0.2) is 4.98 Å². The highest BCUT2D eigenvalue weighted by molar-refractivity contribution is 7.99. The summed E-state index contributed by atoms with van der Waals surface area (Å²) in [6, 6.07) is 7.67. The van der Waals surface area contributed by atoms with Crippen molar-refractivity contribution in [1.29, 1.82) is 5.26 Å². The van der Waals surface area contributed by atoms with E-state index in [0.717, 1.165) is 23.1 Å². The number of thioether (sulfide) groups is 1. The number of hydrogen-bond donors (Lipinski definition) is 0. The van der Waals surface area contributed by atoms with Gasteiger partial charge in [0.15, 0.2) is 5.58 Å². The molecule has 0 spiro atoms. The summed E-state index contributed by atoms with van der Waals surface area (Å²) in [5.74, 6) is 0.805. The van der Waals surface area contributed by atoms with Gasteiger partial charge in [0.2, 0.25) is 0 Å². The Hall–Kier alpha value is -1.77. The molecule has 0 fully saturated rings. The van der Waals surface area contributed by atoms with Gasteiger partial charge in [-0.05, 0) is 24.6 Å². The molecule has 20 heavy (non-hydrogen) atoms. The van der Waals surface area contributed by atoms with Crippen LogP contribution in [0.5, 0.6) is 0 Å². The van der Waals surface area contributed by atoms with E-state index in [4.69, 9.17) is 21.3 Å². The van der Waals surface area contributed by atoms with Crippen LogP contribution in [0, 0.1) is 11.3 Å². The third-order valence-electron chi connectivity index (χ3n) is 2.84. The van der Waals surface area contributed by atoms with E-state index in [1.54, 1.807) is 12.3 Å². The second kappa shape index (κ2) is 5.70. The molecule has 2 aromatic heterocycles. The molecule has 0 aliphatic rings. The molecule has 0 saturated heterocycles. The maximum atomic E-state index is 8.51. The van der Waals surface area contributed by atoms with Gasteiger partial charge in [0, 0.05) is 23.8 Å². The van der Waals surface area contributed by atoms with Crippen molar-refractivity contribution in [1.82, 2.24) is 9.97 Å². The highest BCUT2D eigenvalue weighted by Gasteiger charge is 2.13. The van der Waals surface area contributed by atoms with E-state index in [1.165, 1.54) is 11.8 Å². The fourth-order valence-electron chi connectivity index (χ4n) is 1.93. The minimum absolute atomic E-state index is 0.545. The normalized spacial score (nSPS) is 11.0. The molecule has 0 N–H and O–H groups in total. The van der Waals surface area contributed by atoms with E-state index in [9.17, 15) is 0 Å². The summed E-state index contributed by atoms with van der Waals surface area (Å²) in [6.07, 6.45) is 3.07. The van der Waals surface area contributed by atoms with Gasteiger partial charge < -0.3 is 4.42 Å². The number of hydrogen-bond acceptors (Lipinski definition) is 5. The van der Waals surface area contributed by atoms with Crippen LogP contribution in [0.25, 0.3) is 22.0 Å². The second-order valence-electron chi connectivity index (χ2n) is 4.20. The number of nitrogens with zero attached hydrogens (tertiary/aromatic N) is 3. The second-order valence-corrected chi connectivity index (χ2v) is 5.65. The highest BCUT2D eigenvalue weighted by atomic mass is 35.5. The molecule has 3 aromatic rings. The number of oxazole rings is 1. The zero-order chi connectivity index (χ0) is 13.9. The van der Waals surface area contributed by atoms with E-state index in [1.807, 2.05) is 12.1 Å². The van der Waals surface area contributed by atoms with Gasteiger partial charge in [0.05, 0.1) is 11.1 Å². The summed E-state index contributed by atoms with van der Waals surface area (Å²) in [7, 11) is 0. The number of rotatable bonds is 4. The number of halogens is 1. The number of pyridine rings is 1. The lowest BCUT2D eigenvalue weighted by atomic mass is 10.2. The molecule has 6 heteroatoms. The summed E-state index contributed by atoms with van der Waals surface area (Å²) in [5, 5.41) is 10.6. The van der Waals surface area contributed by atoms with Crippen LogP contribution in [0.15, 0.2) is 34.0 Å². The average molecular weight is 304 g/mol. The van der Waals surface area contributed by atoms with E-state index in [-0.39, 0.29) is 0 Å². The topological polar surface area (TPSA) is 62.7 Å². The Morgan fingerprint density at radius 1 is 1.45 bits per heavy atom. The monoisotopic (exact) mass is 303 g/mol. The van der Waals surface area contributed by atoms with Crippen LogP contribution < -0.4 is 0 Å². The minimum Gasteiger partial charge on any atom is -0.429 e. The summed E-state index contributed by atoms with van der Waals surface area (Å²) in [6.45, 7) is 0. The lowest BCUT2D eigenvalue weighted by Gasteiger charge is -1.98. The van der Waals surface area contributed by atoms with Gasteiger partial charge in [-0.15, -0.1) is 0 Å². The molecule has 0 amide bonds. The molecule has 0 aliphatic heterocycles. The Balaban J connectivity index is 1.98. The Morgan fingerprint density at radius 3 is 3.20 bits per heavy atom. The van der Waals surface area contributed by atoms with Gasteiger partial charge in [-0.2, -0.15) is 5.26 Å². The number of fused-ring (bicyclic) bond motifs is 3. The lowest BCUT2D eigenvalue weighted by Crippen LogP contribution is -1.80. The van der Waals surface area contributed by atoms with Gasteiger partial charge in [0.1, 0.15) is 11.0 Å². The molecule has 3 rings (SSSR count). The molecule has 1 aromatic carbocycles. The van der Waals surface area contributed by atoms with Crippen LogP contribution >= 0.6 is 23.4 Å². The maximum absolute atomic E-state index is 8.51. The van der Waals surface area contributed by atoms with Crippen molar-refractivity contribution in [3.05, 3.63) is 29.4 Å². The quantitative estimate of drug-likeness (QED) is 0.527. The Bertz CT molecular complexity index is 809. The van der Waals surface area contributed by atoms with E-state index >= 15 is 0 Å². The Kier molecular flexibility index (Phi) is 3.77. The van der Waals surface area contributed by atoms with Crippen molar-refractivity contribution < 1.29 is 4.42 Å². The molecule has 4 nitrogen and oxygen atoms in total. The molecule has 0 aliphatic carbocycles. The standard InChI is InChI=1S/C14H10ClN3OS/c15-10-8-11-13(12-9(10)4-3-6-17-12)19-14(18-11)20-7-2-1-5-16/h3-4,6,8H,1-2,7H2. The molecule has 0 radical (unpaired) electrons. The van der Waals surface area contributed by atoms with Gasteiger partial charge >= 0.3 is 0 Å². The van der Waals surface area contributed by atoms with Gasteiger partial charge in [-0.3, -0.25) is 4.98 Å². The molecule has 2 heterocycles. The summed E-state index contributed by atoms with van der Waals surface area (Å²) in [4.78, 5) is 8.73. The Morgan fingerprint density at radius 2 is 2.35 bits per heavy atom. The first kappa shape index (κ1) is 13.2. The third-order valence-corrected chi connectivity index (χ3v) is 4.06. The SMILES string of the molecule is N#CCCCSc1nc2cc(Cl)c3cccnc3c2o1. The number of nitriles is 1. The zero-order valence-corrected chi connectivity index (χ0v) is 12.0. The molecular formula is C14H10ClN3OS.